The number of ether oxygens (including phenoxy) is 1. The molecule has 0 bridgehead atoms. The first-order chi connectivity index (χ1) is 9.02. The summed E-state index contributed by atoms with van der Waals surface area (Å²) in [4.78, 5) is 14.2. The second-order valence-electron chi connectivity index (χ2n) is 4.57. The molecule has 4 nitrogen and oxygen atoms in total. The molecule has 6 heteroatoms. The second-order valence-corrected chi connectivity index (χ2v) is 5.86. The molecule has 2 unspecified atom stereocenters. The number of aliphatic hydroxyl groups excluding tert-OH is 1. The molecule has 1 N–H and O–H groups in total. The first-order valence-corrected chi connectivity index (χ1v) is 7.18. The third-order valence-electron chi connectivity index (χ3n) is 3.13. The third kappa shape index (κ3) is 3.28. The van der Waals surface area contributed by atoms with Crippen LogP contribution in [0.25, 0.3) is 0 Å². The zero-order chi connectivity index (χ0) is 14.0. The molecule has 1 amide bonds. The van der Waals surface area contributed by atoms with Gasteiger partial charge >= 0.3 is 0 Å². The van der Waals surface area contributed by atoms with Crippen LogP contribution in [0.5, 0.6) is 0 Å². The Morgan fingerprint density at radius 3 is 3.00 bits per heavy atom. The van der Waals surface area contributed by atoms with Gasteiger partial charge in [-0.1, -0.05) is 11.6 Å². The molecule has 104 valence electrons. The van der Waals surface area contributed by atoms with Gasteiger partial charge in [-0.25, -0.2) is 0 Å². The average molecular weight is 349 g/mol. The number of morpholine rings is 1. The summed E-state index contributed by atoms with van der Waals surface area (Å²) in [6.07, 6.45) is -0.314. The van der Waals surface area contributed by atoms with E-state index in [1.807, 2.05) is 6.92 Å². The van der Waals surface area contributed by atoms with Crippen molar-refractivity contribution in [3.8, 4) is 0 Å². The molecule has 1 aliphatic heterocycles. The van der Waals surface area contributed by atoms with Gasteiger partial charge in [-0.2, -0.15) is 0 Å². The van der Waals surface area contributed by atoms with Gasteiger partial charge in [0.25, 0.3) is 5.91 Å². The minimum atomic E-state index is -0.314. The maximum Gasteiger partial charge on any atom is 0.255 e. The lowest BCUT2D eigenvalue weighted by Crippen LogP contribution is -2.52. The Hall–Kier alpha value is -0.620. The van der Waals surface area contributed by atoms with Crippen molar-refractivity contribution in [2.24, 2.45) is 0 Å². The van der Waals surface area contributed by atoms with Crippen molar-refractivity contribution < 1.29 is 14.6 Å². The fraction of sp³-hybridized carbons (Fsp3) is 0.462. The van der Waals surface area contributed by atoms with E-state index in [-0.39, 0.29) is 24.7 Å². The Balaban J connectivity index is 2.22. The standard InChI is InChI=1S/C13H15BrClNO3/c1-8-7-19-10(6-17)5-16(8)13(18)11-3-2-9(15)4-12(11)14/h2-4,8,10,17H,5-7H2,1H3. The molecule has 0 radical (unpaired) electrons. The van der Waals surface area contributed by atoms with Crippen LogP contribution in [0.4, 0.5) is 0 Å². The molecule has 1 aromatic rings. The minimum absolute atomic E-state index is 0.0159. The molecule has 19 heavy (non-hydrogen) atoms. The molecule has 1 fully saturated rings. The predicted molar refractivity (Wildman–Crippen MR) is 76.5 cm³/mol. The van der Waals surface area contributed by atoms with Crippen LogP contribution in [0.3, 0.4) is 0 Å². The van der Waals surface area contributed by atoms with Crippen LogP contribution < -0.4 is 0 Å². The van der Waals surface area contributed by atoms with E-state index < -0.39 is 0 Å². The number of benzene rings is 1. The van der Waals surface area contributed by atoms with Crippen molar-refractivity contribution in [2.75, 3.05) is 19.8 Å². The van der Waals surface area contributed by atoms with E-state index in [0.717, 1.165) is 0 Å². The van der Waals surface area contributed by atoms with E-state index in [2.05, 4.69) is 15.9 Å². The van der Waals surface area contributed by atoms with E-state index in [0.29, 0.717) is 28.2 Å². The quantitative estimate of drug-likeness (QED) is 0.892. The molecular weight excluding hydrogens is 334 g/mol. The molecule has 0 spiro atoms. The molecule has 0 aromatic heterocycles. The first kappa shape index (κ1) is 14.8. The number of hydrogen-bond donors (Lipinski definition) is 1. The summed E-state index contributed by atoms with van der Waals surface area (Å²) in [6, 6.07) is 5.07. The lowest BCUT2D eigenvalue weighted by atomic mass is 10.1. The van der Waals surface area contributed by atoms with Crippen molar-refractivity contribution >= 4 is 33.4 Å². The minimum Gasteiger partial charge on any atom is -0.394 e. The van der Waals surface area contributed by atoms with E-state index in [1.165, 1.54) is 0 Å². The lowest BCUT2D eigenvalue weighted by molar-refractivity contribution is -0.0667. The van der Waals surface area contributed by atoms with Gasteiger partial charge in [0.2, 0.25) is 0 Å². The summed E-state index contributed by atoms with van der Waals surface area (Å²) in [7, 11) is 0. The van der Waals surface area contributed by atoms with Crippen molar-refractivity contribution in [3.63, 3.8) is 0 Å². The highest BCUT2D eigenvalue weighted by atomic mass is 79.9. The number of halogens is 2. The number of rotatable bonds is 2. The topological polar surface area (TPSA) is 49.8 Å². The number of nitrogens with zero attached hydrogens (tertiary/aromatic N) is 1. The Morgan fingerprint density at radius 2 is 2.37 bits per heavy atom. The summed E-state index contributed by atoms with van der Waals surface area (Å²) >= 11 is 9.23. The Morgan fingerprint density at radius 1 is 1.63 bits per heavy atom. The highest BCUT2D eigenvalue weighted by molar-refractivity contribution is 9.10. The van der Waals surface area contributed by atoms with Crippen molar-refractivity contribution in [2.45, 2.75) is 19.1 Å². The summed E-state index contributed by atoms with van der Waals surface area (Å²) < 4.78 is 6.10. The molecule has 1 heterocycles. The number of aliphatic hydroxyl groups is 1. The van der Waals surface area contributed by atoms with E-state index in [9.17, 15) is 4.79 Å². The highest BCUT2D eigenvalue weighted by Crippen LogP contribution is 2.24. The molecule has 2 rings (SSSR count). The largest absolute Gasteiger partial charge is 0.394 e. The Bertz CT molecular complexity index is 483. The number of hydrogen-bond acceptors (Lipinski definition) is 3. The van der Waals surface area contributed by atoms with Gasteiger partial charge in [0.1, 0.15) is 0 Å². The Labute approximate surface area is 125 Å². The number of carbonyl (C=O) groups excluding carboxylic acids is 1. The van der Waals surface area contributed by atoms with Crippen LogP contribution in [-0.4, -0.2) is 47.8 Å². The van der Waals surface area contributed by atoms with Crippen LogP contribution in [0.1, 0.15) is 17.3 Å². The average Bonchev–Trinajstić information content (AvgIpc) is 2.38. The predicted octanol–water partition coefficient (Wildman–Crippen LogP) is 2.32. The summed E-state index contributed by atoms with van der Waals surface area (Å²) in [5.74, 6) is -0.0854. The maximum absolute atomic E-state index is 12.5. The van der Waals surface area contributed by atoms with Crippen molar-refractivity contribution in [1.82, 2.24) is 4.90 Å². The summed E-state index contributed by atoms with van der Waals surface area (Å²) in [6.45, 7) is 2.67. The molecule has 2 atom stereocenters. The zero-order valence-electron chi connectivity index (χ0n) is 10.5. The smallest absolute Gasteiger partial charge is 0.255 e. The molecule has 0 saturated carbocycles. The van der Waals surface area contributed by atoms with Gasteiger partial charge in [0.05, 0.1) is 30.9 Å². The molecule has 0 aliphatic carbocycles. The fourth-order valence-electron chi connectivity index (χ4n) is 2.03. The molecular formula is C13H15BrClNO3. The van der Waals surface area contributed by atoms with Gasteiger partial charge in [-0.05, 0) is 41.1 Å². The maximum atomic E-state index is 12.5. The summed E-state index contributed by atoms with van der Waals surface area (Å²) in [5.41, 5.74) is 0.565. The van der Waals surface area contributed by atoms with E-state index in [1.54, 1.807) is 23.1 Å². The zero-order valence-corrected chi connectivity index (χ0v) is 12.8. The second kappa shape index (κ2) is 6.22. The van der Waals surface area contributed by atoms with Crippen LogP contribution in [0.2, 0.25) is 5.02 Å². The van der Waals surface area contributed by atoms with Crippen molar-refractivity contribution in [3.05, 3.63) is 33.3 Å². The SMILES string of the molecule is CC1COC(CO)CN1C(=O)c1ccc(Cl)cc1Br. The molecule has 1 aliphatic rings. The van der Waals surface area contributed by atoms with Crippen LogP contribution >= 0.6 is 27.5 Å². The van der Waals surface area contributed by atoms with Crippen molar-refractivity contribution in [1.29, 1.82) is 0 Å². The monoisotopic (exact) mass is 347 g/mol. The number of amides is 1. The van der Waals surface area contributed by atoms with E-state index >= 15 is 0 Å². The van der Waals surface area contributed by atoms with Crippen LogP contribution in [-0.2, 0) is 4.74 Å². The van der Waals surface area contributed by atoms with Gasteiger partial charge in [-0.15, -0.1) is 0 Å². The fourth-order valence-corrected chi connectivity index (χ4v) is 2.88. The molecule has 1 aromatic carbocycles. The van der Waals surface area contributed by atoms with Gasteiger partial charge in [0, 0.05) is 16.0 Å². The molecule has 1 saturated heterocycles. The van der Waals surface area contributed by atoms with Gasteiger partial charge in [0.15, 0.2) is 0 Å². The Kier molecular flexibility index (Phi) is 4.84. The van der Waals surface area contributed by atoms with E-state index in [4.69, 9.17) is 21.4 Å². The van der Waals surface area contributed by atoms with Crippen LogP contribution in [0, 0.1) is 0 Å². The third-order valence-corrected chi connectivity index (χ3v) is 4.02. The van der Waals surface area contributed by atoms with Gasteiger partial charge < -0.3 is 14.7 Å². The summed E-state index contributed by atoms with van der Waals surface area (Å²) in [5, 5.41) is 9.72. The lowest BCUT2D eigenvalue weighted by Gasteiger charge is -2.37. The highest BCUT2D eigenvalue weighted by Gasteiger charge is 2.30. The number of carbonyl (C=O) groups is 1. The van der Waals surface area contributed by atoms with Gasteiger partial charge in [-0.3, -0.25) is 4.79 Å². The normalized spacial score (nSPS) is 23.5. The first-order valence-electron chi connectivity index (χ1n) is 6.01. The van der Waals surface area contributed by atoms with Crippen LogP contribution in [0.15, 0.2) is 22.7 Å².